The average molecular weight is 361 g/mol. The second-order valence-electron chi connectivity index (χ2n) is 6.93. The summed E-state index contributed by atoms with van der Waals surface area (Å²) >= 11 is 0. The number of aromatic nitrogens is 2. The molecular weight excluding hydrogens is 334 g/mol. The molecule has 0 aliphatic carbocycles. The molecule has 0 bridgehead atoms. The van der Waals surface area contributed by atoms with Gasteiger partial charge in [0.2, 0.25) is 0 Å². The van der Waals surface area contributed by atoms with Crippen molar-refractivity contribution >= 4 is 17.3 Å². The molecule has 3 aromatic rings. The first-order chi connectivity index (χ1) is 13.0. The van der Waals surface area contributed by atoms with Crippen LogP contribution < -0.4 is 10.6 Å². The van der Waals surface area contributed by atoms with Crippen molar-refractivity contribution in [2.45, 2.75) is 13.8 Å². The summed E-state index contributed by atoms with van der Waals surface area (Å²) in [6, 6.07) is 18.3. The van der Waals surface area contributed by atoms with E-state index in [0.29, 0.717) is 5.82 Å². The Bertz CT molecular complexity index is 890. The molecule has 0 aliphatic rings. The van der Waals surface area contributed by atoms with Crippen molar-refractivity contribution in [3.05, 3.63) is 65.7 Å². The van der Waals surface area contributed by atoms with Crippen LogP contribution in [0.3, 0.4) is 0 Å². The highest BCUT2D eigenvalue weighted by atomic mass is 15.1. The Morgan fingerprint density at radius 2 is 1.63 bits per heavy atom. The van der Waals surface area contributed by atoms with Crippen molar-refractivity contribution in [1.82, 2.24) is 14.9 Å². The van der Waals surface area contributed by atoms with Gasteiger partial charge in [-0.3, -0.25) is 0 Å². The Balaban J connectivity index is 1.92. The molecule has 1 aromatic heterocycles. The Morgan fingerprint density at radius 1 is 0.889 bits per heavy atom. The molecular formula is C22H27N5. The second-order valence-corrected chi connectivity index (χ2v) is 6.93. The highest BCUT2D eigenvalue weighted by Gasteiger charge is 2.09. The van der Waals surface area contributed by atoms with E-state index in [1.807, 2.05) is 36.4 Å². The molecule has 27 heavy (non-hydrogen) atoms. The Kier molecular flexibility index (Phi) is 6.04. The second kappa shape index (κ2) is 8.64. The summed E-state index contributed by atoms with van der Waals surface area (Å²) in [5.74, 6) is 2.31. The predicted molar refractivity (Wildman–Crippen MR) is 114 cm³/mol. The van der Waals surface area contributed by atoms with E-state index in [-0.39, 0.29) is 0 Å². The molecule has 5 heteroatoms. The van der Waals surface area contributed by atoms with E-state index in [4.69, 9.17) is 9.97 Å². The minimum Gasteiger partial charge on any atom is -0.369 e. The molecule has 0 spiro atoms. The zero-order chi connectivity index (χ0) is 19.2. The van der Waals surface area contributed by atoms with Gasteiger partial charge >= 0.3 is 0 Å². The van der Waals surface area contributed by atoms with E-state index in [1.165, 1.54) is 11.1 Å². The topological polar surface area (TPSA) is 53.1 Å². The fraction of sp³-hybridized carbons (Fsp3) is 0.273. The fourth-order valence-electron chi connectivity index (χ4n) is 2.75. The van der Waals surface area contributed by atoms with E-state index in [2.05, 4.69) is 61.7 Å². The zero-order valence-electron chi connectivity index (χ0n) is 16.5. The largest absolute Gasteiger partial charge is 0.369 e. The number of nitrogens with zero attached hydrogens (tertiary/aromatic N) is 3. The number of aryl methyl sites for hydroxylation is 1. The average Bonchev–Trinajstić information content (AvgIpc) is 2.66. The van der Waals surface area contributed by atoms with Crippen molar-refractivity contribution in [3.8, 4) is 11.4 Å². The third-order valence-electron chi connectivity index (χ3n) is 4.49. The predicted octanol–water partition coefficient (Wildman–Crippen LogP) is 4.48. The van der Waals surface area contributed by atoms with Crippen LogP contribution >= 0.6 is 0 Å². The Labute approximate surface area is 161 Å². The molecule has 3 rings (SSSR count). The lowest BCUT2D eigenvalue weighted by Gasteiger charge is -2.15. The van der Waals surface area contributed by atoms with Crippen LogP contribution in [0.4, 0.5) is 17.3 Å². The van der Waals surface area contributed by atoms with Crippen LogP contribution in [0.15, 0.2) is 54.6 Å². The molecule has 0 aliphatic heterocycles. The maximum absolute atomic E-state index is 4.74. The summed E-state index contributed by atoms with van der Waals surface area (Å²) in [6.45, 7) is 5.99. The van der Waals surface area contributed by atoms with Crippen LogP contribution in [0.1, 0.15) is 11.1 Å². The van der Waals surface area contributed by atoms with Gasteiger partial charge in [0.05, 0.1) is 0 Å². The summed E-state index contributed by atoms with van der Waals surface area (Å²) in [5.41, 5.74) is 4.53. The van der Waals surface area contributed by atoms with Crippen LogP contribution in [0, 0.1) is 13.8 Å². The maximum atomic E-state index is 4.74. The van der Waals surface area contributed by atoms with Crippen LogP contribution in [-0.4, -0.2) is 42.1 Å². The minimum atomic E-state index is 0.707. The van der Waals surface area contributed by atoms with Crippen molar-refractivity contribution < 1.29 is 0 Å². The quantitative estimate of drug-likeness (QED) is 0.650. The van der Waals surface area contributed by atoms with E-state index < -0.39 is 0 Å². The summed E-state index contributed by atoms with van der Waals surface area (Å²) < 4.78 is 0. The third-order valence-corrected chi connectivity index (χ3v) is 4.49. The normalized spacial score (nSPS) is 10.9. The van der Waals surface area contributed by atoms with Gasteiger partial charge < -0.3 is 15.5 Å². The molecule has 0 atom stereocenters. The van der Waals surface area contributed by atoms with Crippen molar-refractivity contribution in [1.29, 1.82) is 0 Å². The Morgan fingerprint density at radius 3 is 2.37 bits per heavy atom. The third kappa shape index (κ3) is 5.05. The van der Waals surface area contributed by atoms with Crippen molar-refractivity contribution in [2.24, 2.45) is 0 Å². The molecule has 2 aromatic carbocycles. The molecule has 140 valence electrons. The molecule has 2 N–H and O–H groups in total. The lowest BCUT2D eigenvalue weighted by molar-refractivity contribution is 0.425. The van der Waals surface area contributed by atoms with E-state index in [9.17, 15) is 0 Å². The number of rotatable bonds is 7. The van der Waals surface area contributed by atoms with Gasteiger partial charge in [0, 0.05) is 30.4 Å². The van der Waals surface area contributed by atoms with Gasteiger partial charge in [-0.05, 0) is 45.1 Å². The number of benzene rings is 2. The summed E-state index contributed by atoms with van der Waals surface area (Å²) in [4.78, 5) is 11.6. The number of hydrogen-bond donors (Lipinski definition) is 2. The van der Waals surface area contributed by atoms with Gasteiger partial charge in [-0.1, -0.05) is 42.5 Å². The standard InChI is InChI=1S/C22H27N5/c1-16-9-8-12-19(17(16)2)24-21-15-20(23-13-14-27(3)4)25-22(26-21)18-10-6-5-7-11-18/h5-12,15H,13-14H2,1-4H3,(H2,23,24,25,26). The minimum absolute atomic E-state index is 0.707. The van der Waals surface area contributed by atoms with Crippen molar-refractivity contribution in [3.63, 3.8) is 0 Å². The first-order valence-electron chi connectivity index (χ1n) is 9.19. The molecule has 0 saturated carbocycles. The lowest BCUT2D eigenvalue weighted by atomic mass is 10.1. The first-order valence-corrected chi connectivity index (χ1v) is 9.19. The molecule has 1 heterocycles. The number of likely N-dealkylation sites (N-methyl/N-ethyl adjacent to an activating group) is 1. The van der Waals surface area contributed by atoms with Gasteiger partial charge in [0.1, 0.15) is 11.6 Å². The van der Waals surface area contributed by atoms with Gasteiger partial charge in [0.25, 0.3) is 0 Å². The lowest BCUT2D eigenvalue weighted by Crippen LogP contribution is -2.21. The number of nitrogens with one attached hydrogen (secondary N) is 2. The van der Waals surface area contributed by atoms with Gasteiger partial charge in [-0.25, -0.2) is 9.97 Å². The zero-order valence-corrected chi connectivity index (χ0v) is 16.5. The summed E-state index contributed by atoms with van der Waals surface area (Å²) in [7, 11) is 4.12. The number of anilines is 3. The molecule has 0 amide bonds. The molecule has 5 nitrogen and oxygen atoms in total. The molecule has 0 radical (unpaired) electrons. The maximum Gasteiger partial charge on any atom is 0.163 e. The van der Waals surface area contributed by atoms with E-state index in [1.54, 1.807) is 0 Å². The van der Waals surface area contributed by atoms with Gasteiger partial charge in [-0.2, -0.15) is 0 Å². The Hall–Kier alpha value is -2.92. The first kappa shape index (κ1) is 18.9. The molecule has 0 saturated heterocycles. The van der Waals surface area contributed by atoms with E-state index >= 15 is 0 Å². The smallest absolute Gasteiger partial charge is 0.163 e. The number of hydrogen-bond acceptors (Lipinski definition) is 5. The van der Waals surface area contributed by atoms with Crippen LogP contribution in [-0.2, 0) is 0 Å². The van der Waals surface area contributed by atoms with Gasteiger partial charge in [-0.15, -0.1) is 0 Å². The highest BCUT2D eigenvalue weighted by Crippen LogP contribution is 2.25. The van der Waals surface area contributed by atoms with Crippen LogP contribution in [0.5, 0.6) is 0 Å². The molecule has 0 fully saturated rings. The molecule has 0 unspecified atom stereocenters. The fourth-order valence-corrected chi connectivity index (χ4v) is 2.75. The SMILES string of the molecule is Cc1cccc(Nc2cc(NCCN(C)C)nc(-c3ccccc3)n2)c1C. The summed E-state index contributed by atoms with van der Waals surface area (Å²) in [6.07, 6.45) is 0. The van der Waals surface area contributed by atoms with Crippen LogP contribution in [0.2, 0.25) is 0 Å². The monoisotopic (exact) mass is 361 g/mol. The van der Waals surface area contributed by atoms with E-state index in [0.717, 1.165) is 36.0 Å². The summed E-state index contributed by atoms with van der Waals surface area (Å²) in [5, 5.41) is 6.87. The van der Waals surface area contributed by atoms with Gasteiger partial charge in [0.15, 0.2) is 5.82 Å². The van der Waals surface area contributed by atoms with Crippen molar-refractivity contribution in [2.75, 3.05) is 37.8 Å². The van der Waals surface area contributed by atoms with Crippen LogP contribution in [0.25, 0.3) is 11.4 Å². The highest BCUT2D eigenvalue weighted by molar-refractivity contribution is 5.67.